The maximum absolute atomic E-state index is 12.1. The number of carbonyl (C=O) groups is 1. The van der Waals surface area contributed by atoms with Crippen LogP contribution in [-0.2, 0) is 10.5 Å². The molecule has 1 atom stereocenters. The van der Waals surface area contributed by atoms with Gasteiger partial charge in [0.1, 0.15) is 0 Å². The highest BCUT2D eigenvalue weighted by Crippen LogP contribution is 2.30. The van der Waals surface area contributed by atoms with Crippen molar-refractivity contribution in [1.82, 2.24) is 0 Å². The Morgan fingerprint density at radius 1 is 1.33 bits per heavy atom. The number of hydrogen-bond acceptors (Lipinski definition) is 4. The summed E-state index contributed by atoms with van der Waals surface area (Å²) in [5, 5.41) is 3.75. The van der Waals surface area contributed by atoms with Crippen LogP contribution in [0.1, 0.15) is 44.1 Å². The second kappa shape index (κ2) is 12.1. The topological polar surface area (TPSA) is 55.1 Å². The fraction of sp³-hybridized carbons (Fsp3) is 0.611. The Kier molecular flexibility index (Phi) is 10.9. The molecule has 0 spiro atoms. The molecule has 6 heteroatoms. The van der Waals surface area contributed by atoms with E-state index in [0.717, 1.165) is 22.4 Å². The van der Waals surface area contributed by atoms with Gasteiger partial charge in [0.05, 0.1) is 6.04 Å². The van der Waals surface area contributed by atoms with Crippen LogP contribution in [-0.4, -0.2) is 29.2 Å². The Bertz CT molecular complexity index is 496. The number of benzene rings is 1. The Hall–Kier alpha value is -0.360. The third-order valence-corrected chi connectivity index (χ3v) is 6.29. The van der Waals surface area contributed by atoms with E-state index in [0.29, 0.717) is 6.42 Å². The van der Waals surface area contributed by atoms with Crippen molar-refractivity contribution in [3.63, 3.8) is 0 Å². The van der Waals surface area contributed by atoms with Crippen LogP contribution in [0.15, 0.2) is 24.3 Å². The van der Waals surface area contributed by atoms with Gasteiger partial charge in [0.15, 0.2) is 0 Å². The fourth-order valence-corrected chi connectivity index (χ4v) is 4.56. The fourth-order valence-electron chi connectivity index (χ4n) is 2.80. The van der Waals surface area contributed by atoms with Gasteiger partial charge in [-0.3, -0.25) is 4.79 Å². The molecule has 1 fully saturated rings. The number of nitrogens with one attached hydrogen (secondary N) is 1. The summed E-state index contributed by atoms with van der Waals surface area (Å²) in [5.74, 6) is 1.84. The van der Waals surface area contributed by atoms with Crippen LogP contribution in [0.5, 0.6) is 0 Å². The average molecular weight is 389 g/mol. The van der Waals surface area contributed by atoms with Gasteiger partial charge >= 0.3 is 0 Å². The molecule has 1 aliphatic carbocycles. The summed E-state index contributed by atoms with van der Waals surface area (Å²) >= 11 is 3.77. The Labute approximate surface area is 160 Å². The quantitative estimate of drug-likeness (QED) is 0.678. The van der Waals surface area contributed by atoms with Gasteiger partial charge in [-0.2, -0.15) is 23.5 Å². The summed E-state index contributed by atoms with van der Waals surface area (Å²) in [6.45, 7) is 0. The third-order valence-electron chi connectivity index (χ3n) is 4.20. The number of carbonyl (C=O) groups excluding carboxylic acids is 1. The van der Waals surface area contributed by atoms with Gasteiger partial charge in [-0.1, -0.05) is 31.4 Å². The average Bonchev–Trinajstić information content (AvgIpc) is 2.59. The highest BCUT2D eigenvalue weighted by molar-refractivity contribution is 7.99. The molecule has 0 saturated heterocycles. The van der Waals surface area contributed by atoms with E-state index in [1.807, 2.05) is 18.4 Å². The van der Waals surface area contributed by atoms with Crippen molar-refractivity contribution in [3.8, 4) is 0 Å². The maximum Gasteiger partial charge on any atom is 0.241 e. The van der Waals surface area contributed by atoms with Crippen molar-refractivity contribution < 1.29 is 4.79 Å². The molecule has 24 heavy (non-hydrogen) atoms. The molecule has 0 radical (unpaired) electrons. The number of thioether (sulfide) groups is 2. The predicted molar refractivity (Wildman–Crippen MR) is 111 cm³/mol. The molecule has 0 unspecified atom stereocenters. The number of amides is 1. The molecule has 1 aromatic rings. The second-order valence-electron chi connectivity index (χ2n) is 6.15. The van der Waals surface area contributed by atoms with E-state index < -0.39 is 6.04 Å². The Balaban J connectivity index is 0.00000288. The van der Waals surface area contributed by atoms with Crippen molar-refractivity contribution >= 4 is 47.5 Å². The highest BCUT2D eigenvalue weighted by Gasteiger charge is 2.15. The van der Waals surface area contributed by atoms with Crippen molar-refractivity contribution in [3.05, 3.63) is 29.8 Å². The zero-order valence-electron chi connectivity index (χ0n) is 14.3. The summed E-state index contributed by atoms with van der Waals surface area (Å²) in [7, 11) is 0. The normalized spacial score (nSPS) is 16.2. The number of rotatable bonds is 8. The molecule has 3 nitrogen and oxygen atoms in total. The molecule has 1 aromatic carbocycles. The zero-order valence-corrected chi connectivity index (χ0v) is 16.8. The molecule has 136 valence electrons. The van der Waals surface area contributed by atoms with Crippen molar-refractivity contribution in [1.29, 1.82) is 0 Å². The smallest absolute Gasteiger partial charge is 0.241 e. The van der Waals surface area contributed by atoms with Gasteiger partial charge in [0.2, 0.25) is 5.91 Å². The second-order valence-corrected chi connectivity index (χ2v) is 8.42. The monoisotopic (exact) mass is 388 g/mol. The Morgan fingerprint density at radius 3 is 2.79 bits per heavy atom. The lowest BCUT2D eigenvalue weighted by Crippen LogP contribution is -2.36. The lowest BCUT2D eigenvalue weighted by Gasteiger charge is -2.21. The molecule has 1 amide bonds. The van der Waals surface area contributed by atoms with Crippen LogP contribution < -0.4 is 11.1 Å². The molecule has 1 aliphatic rings. The Morgan fingerprint density at radius 2 is 2.08 bits per heavy atom. The minimum atomic E-state index is -0.428. The molecule has 1 saturated carbocycles. The first-order valence-electron chi connectivity index (χ1n) is 8.45. The molecule has 2 rings (SSSR count). The first kappa shape index (κ1) is 21.7. The van der Waals surface area contributed by atoms with Gasteiger partial charge in [0, 0.05) is 16.7 Å². The summed E-state index contributed by atoms with van der Waals surface area (Å²) in [6, 6.07) is 7.74. The van der Waals surface area contributed by atoms with Crippen LogP contribution >= 0.6 is 35.9 Å². The minimum absolute atomic E-state index is 0. The van der Waals surface area contributed by atoms with E-state index in [2.05, 4.69) is 29.2 Å². The van der Waals surface area contributed by atoms with E-state index in [9.17, 15) is 4.79 Å². The van der Waals surface area contributed by atoms with Gasteiger partial charge in [0.25, 0.3) is 0 Å². The standard InChI is InChI=1S/C18H28N2OS2.ClH/c1-22-11-10-17(19)18(21)20-15-7-5-6-14(12-15)13-23-16-8-3-2-4-9-16;/h5-7,12,16-17H,2-4,8-11,13,19H2,1H3,(H,20,21);1H/t17-;/m0./s1. The van der Waals surface area contributed by atoms with Crippen LogP contribution in [0.2, 0.25) is 0 Å². The SMILES string of the molecule is CSCC[C@H](N)C(=O)Nc1cccc(CSC2CCCCC2)c1.Cl. The summed E-state index contributed by atoms with van der Waals surface area (Å²) in [6.07, 6.45) is 9.60. The molecular formula is C18H29ClN2OS2. The van der Waals surface area contributed by atoms with E-state index in [4.69, 9.17) is 5.73 Å². The van der Waals surface area contributed by atoms with Crippen LogP contribution in [0.25, 0.3) is 0 Å². The lowest BCUT2D eigenvalue weighted by atomic mass is 10.0. The summed E-state index contributed by atoms with van der Waals surface area (Å²) in [4.78, 5) is 12.1. The van der Waals surface area contributed by atoms with E-state index >= 15 is 0 Å². The molecule has 0 aromatic heterocycles. The van der Waals surface area contributed by atoms with Gasteiger partial charge in [-0.05, 0) is 49.0 Å². The predicted octanol–water partition coefficient (Wildman–Crippen LogP) is 4.69. The number of halogens is 1. The van der Waals surface area contributed by atoms with E-state index in [-0.39, 0.29) is 18.3 Å². The van der Waals surface area contributed by atoms with Gasteiger partial charge < -0.3 is 11.1 Å². The third kappa shape index (κ3) is 7.68. The van der Waals surface area contributed by atoms with Crippen LogP contribution in [0.3, 0.4) is 0 Å². The lowest BCUT2D eigenvalue weighted by molar-refractivity contribution is -0.117. The maximum atomic E-state index is 12.1. The first-order chi connectivity index (χ1) is 11.2. The molecule has 0 heterocycles. The summed E-state index contributed by atoms with van der Waals surface area (Å²) in [5.41, 5.74) is 8.05. The highest BCUT2D eigenvalue weighted by atomic mass is 35.5. The van der Waals surface area contributed by atoms with Gasteiger partial charge in [-0.25, -0.2) is 0 Å². The van der Waals surface area contributed by atoms with Crippen molar-refractivity contribution in [2.75, 3.05) is 17.3 Å². The van der Waals surface area contributed by atoms with Crippen LogP contribution in [0.4, 0.5) is 5.69 Å². The number of hydrogen-bond donors (Lipinski definition) is 2. The molecular weight excluding hydrogens is 360 g/mol. The zero-order chi connectivity index (χ0) is 16.5. The molecule has 0 bridgehead atoms. The summed E-state index contributed by atoms with van der Waals surface area (Å²) < 4.78 is 0. The minimum Gasteiger partial charge on any atom is -0.325 e. The van der Waals surface area contributed by atoms with Gasteiger partial charge in [-0.15, -0.1) is 12.4 Å². The molecule has 3 N–H and O–H groups in total. The molecule has 0 aliphatic heterocycles. The first-order valence-corrected chi connectivity index (χ1v) is 10.9. The number of nitrogens with two attached hydrogens (primary N) is 1. The van der Waals surface area contributed by atoms with Crippen molar-refractivity contribution in [2.24, 2.45) is 5.73 Å². The largest absolute Gasteiger partial charge is 0.325 e. The van der Waals surface area contributed by atoms with Crippen LogP contribution in [0, 0.1) is 0 Å². The van der Waals surface area contributed by atoms with Crippen molar-refractivity contribution in [2.45, 2.75) is 55.6 Å². The van der Waals surface area contributed by atoms with E-state index in [1.165, 1.54) is 37.7 Å². The number of anilines is 1. The van der Waals surface area contributed by atoms with E-state index in [1.54, 1.807) is 11.8 Å².